The van der Waals surface area contributed by atoms with Crippen molar-refractivity contribution in [2.75, 3.05) is 0 Å². The van der Waals surface area contributed by atoms with Crippen LogP contribution in [0.4, 0.5) is 17.6 Å². The average molecular weight is 248 g/mol. The minimum absolute atomic E-state index is 0.0185. The summed E-state index contributed by atoms with van der Waals surface area (Å²) in [7, 11) is 0. The molecule has 0 aliphatic rings. The minimum atomic E-state index is -4.35. The highest BCUT2D eigenvalue weighted by molar-refractivity contribution is 5.36. The van der Waals surface area contributed by atoms with Gasteiger partial charge in [0.15, 0.2) is 0 Å². The van der Waals surface area contributed by atoms with E-state index in [-0.39, 0.29) is 5.56 Å². The maximum Gasteiger partial charge on any atom is 0.395 e. The lowest BCUT2D eigenvalue weighted by molar-refractivity contribution is -0.146. The van der Waals surface area contributed by atoms with Gasteiger partial charge in [-0.2, -0.15) is 13.2 Å². The number of benzene rings is 1. The van der Waals surface area contributed by atoms with E-state index < -0.39 is 23.3 Å². The van der Waals surface area contributed by atoms with Crippen LogP contribution in [-0.2, 0) is 5.41 Å². The summed E-state index contributed by atoms with van der Waals surface area (Å²) in [6.07, 6.45) is -4.35. The van der Waals surface area contributed by atoms with E-state index in [1.165, 1.54) is 12.1 Å². The second-order valence-corrected chi connectivity index (χ2v) is 5.24. The van der Waals surface area contributed by atoms with Crippen LogP contribution >= 0.6 is 0 Å². The summed E-state index contributed by atoms with van der Waals surface area (Å²) >= 11 is 0. The van der Waals surface area contributed by atoms with Crippen molar-refractivity contribution in [2.24, 2.45) is 0 Å². The molecule has 0 aliphatic carbocycles. The van der Waals surface area contributed by atoms with Crippen molar-refractivity contribution in [3.63, 3.8) is 0 Å². The molecular weight excluding hydrogens is 232 g/mol. The van der Waals surface area contributed by atoms with Gasteiger partial charge < -0.3 is 0 Å². The Labute approximate surface area is 98.6 Å². The number of alkyl halides is 3. The van der Waals surface area contributed by atoms with E-state index in [0.29, 0.717) is 5.56 Å². The van der Waals surface area contributed by atoms with Gasteiger partial charge in [0.2, 0.25) is 0 Å². The molecule has 4 heteroatoms. The summed E-state index contributed by atoms with van der Waals surface area (Å²) in [5.74, 6) is -2.29. The van der Waals surface area contributed by atoms with Crippen LogP contribution in [0.1, 0.15) is 44.7 Å². The van der Waals surface area contributed by atoms with Crippen molar-refractivity contribution >= 4 is 0 Å². The van der Waals surface area contributed by atoms with Crippen LogP contribution in [0, 0.1) is 5.82 Å². The summed E-state index contributed by atoms with van der Waals surface area (Å²) < 4.78 is 51.3. The number of halogens is 4. The Balaban J connectivity index is 3.35. The Kier molecular flexibility index (Phi) is 3.55. The third-order valence-electron chi connectivity index (χ3n) is 2.78. The lowest BCUT2D eigenvalue weighted by Crippen LogP contribution is -2.23. The van der Waals surface area contributed by atoms with E-state index in [1.807, 2.05) is 20.8 Å². The summed E-state index contributed by atoms with van der Waals surface area (Å²) in [6.45, 7) is 6.50. The summed E-state index contributed by atoms with van der Waals surface area (Å²) in [6, 6.07) is 3.62. The first-order valence-corrected chi connectivity index (χ1v) is 5.40. The standard InChI is InChI=1S/C13H16F4/c1-8(13(15,16)17)10-7-9(14)5-6-11(10)12(2,3)4/h5-8H,1-4H3. The fraction of sp³-hybridized carbons (Fsp3) is 0.538. The van der Waals surface area contributed by atoms with Crippen molar-refractivity contribution in [3.8, 4) is 0 Å². The van der Waals surface area contributed by atoms with Gasteiger partial charge in [-0.3, -0.25) is 0 Å². The molecule has 96 valence electrons. The highest BCUT2D eigenvalue weighted by Gasteiger charge is 2.39. The second-order valence-electron chi connectivity index (χ2n) is 5.24. The maximum atomic E-state index is 13.1. The zero-order chi connectivity index (χ0) is 13.4. The van der Waals surface area contributed by atoms with Gasteiger partial charge in [-0.25, -0.2) is 4.39 Å². The van der Waals surface area contributed by atoms with Gasteiger partial charge in [0.05, 0.1) is 5.92 Å². The van der Waals surface area contributed by atoms with Gasteiger partial charge in [0.25, 0.3) is 0 Å². The van der Waals surface area contributed by atoms with Crippen molar-refractivity contribution in [1.82, 2.24) is 0 Å². The predicted molar refractivity (Wildman–Crippen MR) is 59.6 cm³/mol. The van der Waals surface area contributed by atoms with Gasteiger partial charge in [0, 0.05) is 0 Å². The second kappa shape index (κ2) is 4.31. The molecule has 0 nitrogen and oxygen atoms in total. The van der Waals surface area contributed by atoms with E-state index in [0.717, 1.165) is 13.0 Å². The molecule has 1 unspecified atom stereocenters. The molecule has 0 bridgehead atoms. The van der Waals surface area contributed by atoms with Crippen LogP contribution in [0.25, 0.3) is 0 Å². The lowest BCUT2D eigenvalue weighted by atomic mass is 9.80. The van der Waals surface area contributed by atoms with E-state index in [1.54, 1.807) is 0 Å². The topological polar surface area (TPSA) is 0 Å². The van der Waals surface area contributed by atoms with E-state index >= 15 is 0 Å². The molecule has 0 aromatic heterocycles. The quantitative estimate of drug-likeness (QED) is 0.627. The molecule has 17 heavy (non-hydrogen) atoms. The fourth-order valence-electron chi connectivity index (χ4n) is 1.75. The molecule has 0 heterocycles. The third-order valence-corrected chi connectivity index (χ3v) is 2.78. The fourth-order valence-corrected chi connectivity index (χ4v) is 1.75. The first-order chi connectivity index (χ1) is 7.53. The Morgan fingerprint density at radius 3 is 2.00 bits per heavy atom. The van der Waals surface area contributed by atoms with Crippen molar-refractivity contribution < 1.29 is 17.6 Å². The predicted octanol–water partition coefficient (Wildman–Crippen LogP) is 4.79. The average Bonchev–Trinajstić information content (AvgIpc) is 2.13. The van der Waals surface area contributed by atoms with Gasteiger partial charge in [-0.15, -0.1) is 0 Å². The molecule has 1 aromatic rings. The monoisotopic (exact) mass is 248 g/mol. The molecule has 0 spiro atoms. The molecule has 0 saturated carbocycles. The van der Waals surface area contributed by atoms with Crippen molar-refractivity contribution in [3.05, 3.63) is 35.1 Å². The summed E-state index contributed by atoms with van der Waals surface area (Å²) in [5.41, 5.74) is 0.108. The Morgan fingerprint density at radius 2 is 1.59 bits per heavy atom. The number of hydrogen-bond donors (Lipinski definition) is 0. The van der Waals surface area contributed by atoms with Crippen LogP contribution in [0.5, 0.6) is 0 Å². The lowest BCUT2D eigenvalue weighted by Gasteiger charge is -2.27. The Bertz CT molecular complexity index is 399. The molecule has 0 N–H and O–H groups in total. The molecule has 0 amide bonds. The Morgan fingerprint density at radius 1 is 1.06 bits per heavy atom. The molecule has 1 aromatic carbocycles. The molecule has 0 aliphatic heterocycles. The van der Waals surface area contributed by atoms with E-state index in [9.17, 15) is 17.6 Å². The van der Waals surface area contributed by atoms with E-state index in [2.05, 4.69) is 0 Å². The van der Waals surface area contributed by atoms with Crippen LogP contribution in [-0.4, -0.2) is 6.18 Å². The van der Waals surface area contributed by atoms with Crippen LogP contribution in [0.15, 0.2) is 18.2 Å². The zero-order valence-corrected chi connectivity index (χ0v) is 10.3. The van der Waals surface area contributed by atoms with Crippen LogP contribution < -0.4 is 0 Å². The molecule has 0 radical (unpaired) electrons. The van der Waals surface area contributed by atoms with Crippen LogP contribution in [0.2, 0.25) is 0 Å². The highest BCUT2D eigenvalue weighted by Crippen LogP contribution is 2.39. The molecule has 1 rings (SSSR count). The van der Waals surface area contributed by atoms with Gasteiger partial charge >= 0.3 is 6.18 Å². The van der Waals surface area contributed by atoms with Gasteiger partial charge in [0.1, 0.15) is 5.82 Å². The first-order valence-electron chi connectivity index (χ1n) is 5.40. The SMILES string of the molecule is CC(c1cc(F)ccc1C(C)(C)C)C(F)(F)F. The van der Waals surface area contributed by atoms with Gasteiger partial charge in [-0.1, -0.05) is 26.8 Å². The van der Waals surface area contributed by atoms with Crippen molar-refractivity contribution in [1.29, 1.82) is 0 Å². The zero-order valence-electron chi connectivity index (χ0n) is 10.3. The molecule has 0 fully saturated rings. The largest absolute Gasteiger partial charge is 0.395 e. The minimum Gasteiger partial charge on any atom is -0.207 e. The van der Waals surface area contributed by atoms with E-state index in [4.69, 9.17) is 0 Å². The van der Waals surface area contributed by atoms with Crippen LogP contribution in [0.3, 0.4) is 0 Å². The smallest absolute Gasteiger partial charge is 0.207 e. The first kappa shape index (κ1) is 14.0. The molecule has 0 saturated heterocycles. The third kappa shape index (κ3) is 3.20. The van der Waals surface area contributed by atoms with Gasteiger partial charge in [-0.05, 0) is 35.6 Å². The summed E-state index contributed by atoms with van der Waals surface area (Å²) in [4.78, 5) is 0. The van der Waals surface area contributed by atoms with Crippen molar-refractivity contribution in [2.45, 2.75) is 45.2 Å². The molecular formula is C13H16F4. The summed E-state index contributed by atoms with van der Waals surface area (Å²) in [5, 5.41) is 0. The number of hydrogen-bond acceptors (Lipinski definition) is 0. The normalized spacial score (nSPS) is 14.8. The Hall–Kier alpha value is -1.06. The number of rotatable bonds is 1. The molecule has 1 atom stereocenters. The highest BCUT2D eigenvalue weighted by atomic mass is 19.4. The maximum absolute atomic E-state index is 13.1.